The van der Waals surface area contributed by atoms with Crippen LogP contribution in [0.1, 0.15) is 20.3 Å². The van der Waals surface area contributed by atoms with E-state index < -0.39 is 0 Å². The topological polar surface area (TPSA) is 49.3 Å². The van der Waals surface area contributed by atoms with Gasteiger partial charge in [-0.1, -0.05) is 25.4 Å². The number of hydrogen-bond donors (Lipinski definition) is 2. The Kier molecular flexibility index (Phi) is 7.28. The summed E-state index contributed by atoms with van der Waals surface area (Å²) in [5.74, 6) is 0.927. The molecule has 106 valence electrons. The number of aliphatic hydroxyl groups excluding tert-OH is 1. The van der Waals surface area contributed by atoms with E-state index in [9.17, 15) is 4.79 Å². The van der Waals surface area contributed by atoms with Gasteiger partial charge in [-0.15, -0.1) is 11.8 Å². The second-order valence-electron chi connectivity index (χ2n) is 4.65. The van der Waals surface area contributed by atoms with Gasteiger partial charge >= 0.3 is 0 Å². The molecule has 19 heavy (non-hydrogen) atoms. The van der Waals surface area contributed by atoms with Crippen LogP contribution < -0.4 is 5.32 Å². The minimum atomic E-state index is -0.159. The first-order chi connectivity index (χ1) is 9.02. The van der Waals surface area contributed by atoms with Crippen LogP contribution >= 0.6 is 23.4 Å². The minimum absolute atomic E-state index is 0.0192. The van der Waals surface area contributed by atoms with Gasteiger partial charge in [0.25, 0.3) is 0 Å². The second kappa shape index (κ2) is 8.46. The zero-order chi connectivity index (χ0) is 14.3. The second-order valence-corrected chi connectivity index (χ2v) is 6.26. The number of halogens is 1. The molecule has 1 atom stereocenters. The zero-order valence-electron chi connectivity index (χ0n) is 11.2. The monoisotopic (exact) mass is 301 g/mol. The number of carbonyl (C=O) groups excluding carboxylic acids is 1. The van der Waals surface area contributed by atoms with Crippen molar-refractivity contribution in [1.82, 2.24) is 5.32 Å². The summed E-state index contributed by atoms with van der Waals surface area (Å²) in [5, 5.41) is 12.7. The molecule has 1 aromatic rings. The molecule has 0 saturated heterocycles. The van der Waals surface area contributed by atoms with E-state index >= 15 is 0 Å². The first-order valence-corrected chi connectivity index (χ1v) is 7.68. The quantitative estimate of drug-likeness (QED) is 0.761. The van der Waals surface area contributed by atoms with Crippen molar-refractivity contribution in [3.8, 4) is 0 Å². The molecule has 2 N–H and O–H groups in total. The van der Waals surface area contributed by atoms with E-state index in [4.69, 9.17) is 16.7 Å². The van der Waals surface area contributed by atoms with Gasteiger partial charge in [0, 0.05) is 22.1 Å². The molecular formula is C14H20ClNO2S. The number of rotatable bonds is 7. The van der Waals surface area contributed by atoms with Crippen molar-refractivity contribution in [3.63, 3.8) is 0 Å². The lowest BCUT2D eigenvalue weighted by Crippen LogP contribution is -2.41. The summed E-state index contributed by atoms with van der Waals surface area (Å²) in [7, 11) is 0. The molecule has 0 heterocycles. The van der Waals surface area contributed by atoms with E-state index in [0.29, 0.717) is 17.2 Å². The van der Waals surface area contributed by atoms with Crippen molar-refractivity contribution >= 4 is 29.3 Å². The lowest BCUT2D eigenvalue weighted by Gasteiger charge is -2.19. The Hall–Kier alpha value is -0.710. The van der Waals surface area contributed by atoms with Crippen LogP contribution in [0, 0.1) is 5.92 Å². The zero-order valence-corrected chi connectivity index (χ0v) is 12.8. The molecule has 0 aliphatic rings. The van der Waals surface area contributed by atoms with Crippen molar-refractivity contribution in [3.05, 3.63) is 29.3 Å². The molecule has 1 amide bonds. The minimum Gasteiger partial charge on any atom is -0.394 e. The Morgan fingerprint density at radius 3 is 2.53 bits per heavy atom. The number of hydrogen-bond acceptors (Lipinski definition) is 3. The van der Waals surface area contributed by atoms with Crippen molar-refractivity contribution in [2.75, 3.05) is 12.4 Å². The third-order valence-electron chi connectivity index (χ3n) is 2.76. The van der Waals surface area contributed by atoms with Gasteiger partial charge in [0.2, 0.25) is 5.91 Å². The Morgan fingerprint density at radius 1 is 1.37 bits per heavy atom. The van der Waals surface area contributed by atoms with E-state index in [1.54, 1.807) is 11.8 Å². The molecule has 0 radical (unpaired) electrons. The van der Waals surface area contributed by atoms with Crippen molar-refractivity contribution in [1.29, 1.82) is 0 Å². The van der Waals surface area contributed by atoms with E-state index in [-0.39, 0.29) is 24.5 Å². The maximum absolute atomic E-state index is 11.7. The van der Waals surface area contributed by atoms with Crippen LogP contribution in [0.15, 0.2) is 29.2 Å². The van der Waals surface area contributed by atoms with Gasteiger partial charge in [-0.25, -0.2) is 0 Å². The van der Waals surface area contributed by atoms with Crippen LogP contribution in [0.4, 0.5) is 0 Å². The molecule has 0 bridgehead atoms. The Bertz CT molecular complexity index is 395. The standard InChI is InChI=1S/C14H20ClNO2S/c1-10(2)13(9-17)16-14(18)7-8-19-12-5-3-11(15)4-6-12/h3-6,10,13,17H,7-9H2,1-2H3,(H,16,18)/t13-/m1/s1. The summed E-state index contributed by atoms with van der Waals surface area (Å²) in [6.45, 7) is 3.93. The van der Waals surface area contributed by atoms with E-state index in [2.05, 4.69) is 5.32 Å². The lowest BCUT2D eigenvalue weighted by molar-refractivity contribution is -0.122. The maximum Gasteiger partial charge on any atom is 0.221 e. The fourth-order valence-corrected chi connectivity index (χ4v) is 2.47. The smallest absolute Gasteiger partial charge is 0.221 e. The fraction of sp³-hybridized carbons (Fsp3) is 0.500. The van der Waals surface area contributed by atoms with Crippen LogP contribution in [0.3, 0.4) is 0 Å². The molecule has 1 aromatic carbocycles. The number of thioether (sulfide) groups is 1. The predicted molar refractivity (Wildman–Crippen MR) is 80.6 cm³/mol. The van der Waals surface area contributed by atoms with Crippen LogP contribution in [-0.2, 0) is 4.79 Å². The highest BCUT2D eigenvalue weighted by molar-refractivity contribution is 7.99. The number of amides is 1. The number of nitrogens with one attached hydrogen (secondary N) is 1. The molecule has 1 rings (SSSR count). The summed E-state index contributed by atoms with van der Waals surface area (Å²) in [6, 6.07) is 7.40. The molecular weight excluding hydrogens is 282 g/mol. The molecule has 0 aromatic heterocycles. The van der Waals surface area contributed by atoms with Crippen molar-refractivity contribution in [2.45, 2.75) is 31.2 Å². The first kappa shape index (κ1) is 16.3. The Balaban J connectivity index is 2.29. The first-order valence-electron chi connectivity index (χ1n) is 6.31. The van der Waals surface area contributed by atoms with Gasteiger partial charge in [0.15, 0.2) is 0 Å². The third-order valence-corrected chi connectivity index (χ3v) is 4.03. The van der Waals surface area contributed by atoms with E-state index in [1.165, 1.54) is 0 Å². The number of aliphatic hydroxyl groups is 1. The normalized spacial score (nSPS) is 12.5. The summed E-state index contributed by atoms with van der Waals surface area (Å²) >= 11 is 7.42. The van der Waals surface area contributed by atoms with E-state index in [0.717, 1.165) is 4.90 Å². The van der Waals surface area contributed by atoms with Gasteiger partial charge < -0.3 is 10.4 Å². The highest BCUT2D eigenvalue weighted by atomic mass is 35.5. The molecule has 0 saturated carbocycles. The largest absolute Gasteiger partial charge is 0.394 e. The maximum atomic E-state index is 11.7. The molecule has 0 spiro atoms. The lowest BCUT2D eigenvalue weighted by atomic mass is 10.1. The van der Waals surface area contributed by atoms with Crippen LogP contribution in [0.5, 0.6) is 0 Å². The Morgan fingerprint density at radius 2 is 2.00 bits per heavy atom. The number of carbonyl (C=O) groups is 1. The average Bonchev–Trinajstić information content (AvgIpc) is 2.38. The SMILES string of the molecule is CC(C)[C@@H](CO)NC(=O)CCSc1ccc(Cl)cc1. The molecule has 0 unspecified atom stereocenters. The molecule has 0 aliphatic heterocycles. The van der Waals surface area contributed by atoms with Crippen LogP contribution in [0.2, 0.25) is 5.02 Å². The van der Waals surface area contributed by atoms with Crippen LogP contribution in [0.25, 0.3) is 0 Å². The Labute approximate surface area is 123 Å². The van der Waals surface area contributed by atoms with Gasteiger partial charge in [-0.2, -0.15) is 0 Å². The molecule has 0 aliphatic carbocycles. The fourth-order valence-electron chi connectivity index (χ4n) is 1.49. The summed E-state index contributed by atoms with van der Waals surface area (Å²) < 4.78 is 0. The highest BCUT2D eigenvalue weighted by Crippen LogP contribution is 2.20. The van der Waals surface area contributed by atoms with Gasteiger partial charge in [0.05, 0.1) is 12.6 Å². The molecule has 3 nitrogen and oxygen atoms in total. The van der Waals surface area contributed by atoms with Gasteiger partial charge in [0.1, 0.15) is 0 Å². The summed E-state index contributed by atoms with van der Waals surface area (Å²) in [6.07, 6.45) is 0.441. The van der Waals surface area contributed by atoms with Crippen LogP contribution in [-0.4, -0.2) is 29.4 Å². The number of benzene rings is 1. The van der Waals surface area contributed by atoms with Gasteiger partial charge in [-0.05, 0) is 30.2 Å². The average molecular weight is 302 g/mol. The van der Waals surface area contributed by atoms with Gasteiger partial charge in [-0.3, -0.25) is 4.79 Å². The molecule has 0 fully saturated rings. The summed E-state index contributed by atoms with van der Waals surface area (Å²) in [4.78, 5) is 12.8. The predicted octanol–water partition coefficient (Wildman–Crippen LogP) is 2.96. The van der Waals surface area contributed by atoms with Crippen molar-refractivity contribution in [2.24, 2.45) is 5.92 Å². The molecule has 5 heteroatoms. The van der Waals surface area contributed by atoms with Crippen molar-refractivity contribution < 1.29 is 9.90 Å². The highest BCUT2D eigenvalue weighted by Gasteiger charge is 2.14. The summed E-state index contributed by atoms with van der Waals surface area (Å²) in [5.41, 5.74) is 0. The van der Waals surface area contributed by atoms with E-state index in [1.807, 2.05) is 38.1 Å². The third kappa shape index (κ3) is 6.32.